The summed E-state index contributed by atoms with van der Waals surface area (Å²) in [5.74, 6) is 0.497. The van der Waals surface area contributed by atoms with Crippen molar-refractivity contribution in [3.05, 3.63) is 35.9 Å². The van der Waals surface area contributed by atoms with E-state index < -0.39 is 0 Å². The first-order valence-corrected chi connectivity index (χ1v) is 7.94. The molecular formula is C17H26N2O2. The van der Waals surface area contributed by atoms with Crippen LogP contribution in [0.1, 0.15) is 25.3 Å². The van der Waals surface area contributed by atoms with Gasteiger partial charge in [-0.05, 0) is 24.8 Å². The largest absolute Gasteiger partial charge is 0.381 e. The summed E-state index contributed by atoms with van der Waals surface area (Å²) in [7, 11) is 0. The molecule has 1 aliphatic rings. The molecule has 2 rings (SSSR count). The molecule has 1 unspecified atom stereocenters. The van der Waals surface area contributed by atoms with Crippen LogP contribution in [0.5, 0.6) is 0 Å². The monoisotopic (exact) mass is 290 g/mol. The van der Waals surface area contributed by atoms with Gasteiger partial charge < -0.3 is 15.0 Å². The van der Waals surface area contributed by atoms with E-state index in [4.69, 9.17) is 4.74 Å². The van der Waals surface area contributed by atoms with Crippen molar-refractivity contribution in [1.82, 2.24) is 10.2 Å². The first-order chi connectivity index (χ1) is 10.3. The molecule has 1 atom stereocenters. The summed E-state index contributed by atoms with van der Waals surface area (Å²) in [6.07, 6.45) is 2.93. The topological polar surface area (TPSA) is 41.6 Å². The van der Waals surface area contributed by atoms with Crippen molar-refractivity contribution in [2.45, 2.75) is 26.2 Å². The second-order valence-corrected chi connectivity index (χ2v) is 5.64. The second-order valence-electron chi connectivity index (χ2n) is 5.64. The van der Waals surface area contributed by atoms with Crippen LogP contribution in [0.25, 0.3) is 0 Å². The Morgan fingerprint density at radius 1 is 1.38 bits per heavy atom. The zero-order valence-corrected chi connectivity index (χ0v) is 12.9. The van der Waals surface area contributed by atoms with E-state index in [0.717, 1.165) is 45.6 Å². The maximum atomic E-state index is 12.3. The van der Waals surface area contributed by atoms with E-state index in [-0.39, 0.29) is 6.03 Å². The molecule has 0 saturated carbocycles. The molecule has 1 aliphatic heterocycles. The summed E-state index contributed by atoms with van der Waals surface area (Å²) < 4.78 is 5.40. The first kappa shape index (κ1) is 15.8. The summed E-state index contributed by atoms with van der Waals surface area (Å²) in [5.41, 5.74) is 1.25. The molecule has 1 aromatic carbocycles. The Kier molecular flexibility index (Phi) is 6.54. The Labute approximate surface area is 127 Å². The van der Waals surface area contributed by atoms with E-state index in [0.29, 0.717) is 12.5 Å². The summed E-state index contributed by atoms with van der Waals surface area (Å²) in [6.45, 7) is 6.04. The van der Waals surface area contributed by atoms with E-state index >= 15 is 0 Å². The number of hydrogen-bond donors (Lipinski definition) is 1. The van der Waals surface area contributed by atoms with Gasteiger partial charge in [0.1, 0.15) is 0 Å². The van der Waals surface area contributed by atoms with E-state index in [1.165, 1.54) is 5.56 Å². The van der Waals surface area contributed by atoms with Gasteiger partial charge in [-0.25, -0.2) is 4.79 Å². The SMILES string of the molecule is CCCN(CC1CCOC1)C(=O)NCCc1ccccc1. The highest BCUT2D eigenvalue weighted by atomic mass is 16.5. The average Bonchev–Trinajstić information content (AvgIpc) is 3.01. The lowest BCUT2D eigenvalue weighted by atomic mass is 10.1. The van der Waals surface area contributed by atoms with Gasteiger partial charge in [-0.2, -0.15) is 0 Å². The molecule has 4 nitrogen and oxygen atoms in total. The van der Waals surface area contributed by atoms with Crippen LogP contribution in [0.4, 0.5) is 4.79 Å². The van der Waals surface area contributed by atoms with Gasteiger partial charge in [0.2, 0.25) is 0 Å². The minimum absolute atomic E-state index is 0.0553. The quantitative estimate of drug-likeness (QED) is 0.839. The fourth-order valence-electron chi connectivity index (χ4n) is 2.65. The van der Waals surface area contributed by atoms with Crippen LogP contribution in [0.15, 0.2) is 30.3 Å². The molecule has 0 spiro atoms. The van der Waals surface area contributed by atoms with Gasteiger partial charge in [0.25, 0.3) is 0 Å². The molecule has 116 valence electrons. The third-order valence-electron chi connectivity index (χ3n) is 3.82. The molecule has 0 aliphatic carbocycles. The molecule has 1 heterocycles. The fraction of sp³-hybridized carbons (Fsp3) is 0.588. The van der Waals surface area contributed by atoms with Crippen LogP contribution >= 0.6 is 0 Å². The van der Waals surface area contributed by atoms with Crippen molar-refractivity contribution < 1.29 is 9.53 Å². The zero-order chi connectivity index (χ0) is 14.9. The number of carbonyl (C=O) groups excluding carboxylic acids is 1. The zero-order valence-electron chi connectivity index (χ0n) is 12.9. The maximum absolute atomic E-state index is 12.3. The number of hydrogen-bond acceptors (Lipinski definition) is 2. The smallest absolute Gasteiger partial charge is 0.317 e. The van der Waals surface area contributed by atoms with Crippen LogP contribution in [-0.4, -0.2) is 43.8 Å². The molecule has 1 aromatic rings. The Bertz CT molecular complexity index is 416. The predicted octanol–water partition coefficient (Wildman–Crippen LogP) is 2.69. The number of nitrogens with one attached hydrogen (secondary N) is 1. The Hall–Kier alpha value is -1.55. The van der Waals surface area contributed by atoms with Crippen molar-refractivity contribution in [3.63, 3.8) is 0 Å². The van der Waals surface area contributed by atoms with E-state index in [9.17, 15) is 4.79 Å². The van der Waals surface area contributed by atoms with Gasteiger partial charge in [-0.15, -0.1) is 0 Å². The van der Waals surface area contributed by atoms with Crippen molar-refractivity contribution in [2.75, 3.05) is 32.8 Å². The predicted molar refractivity (Wildman–Crippen MR) is 84.3 cm³/mol. The van der Waals surface area contributed by atoms with Crippen molar-refractivity contribution in [1.29, 1.82) is 0 Å². The number of rotatable bonds is 7. The number of benzene rings is 1. The standard InChI is InChI=1S/C17H26N2O2/c1-2-11-19(13-16-9-12-21-14-16)17(20)18-10-8-15-6-4-3-5-7-15/h3-7,16H,2,8-14H2,1H3,(H,18,20). The first-order valence-electron chi connectivity index (χ1n) is 7.94. The van der Waals surface area contributed by atoms with Crippen molar-refractivity contribution in [3.8, 4) is 0 Å². The van der Waals surface area contributed by atoms with E-state index in [1.807, 2.05) is 23.1 Å². The lowest BCUT2D eigenvalue weighted by Gasteiger charge is -2.25. The molecule has 1 fully saturated rings. The highest BCUT2D eigenvalue weighted by Gasteiger charge is 2.21. The molecular weight excluding hydrogens is 264 g/mol. The van der Waals surface area contributed by atoms with E-state index in [2.05, 4.69) is 24.4 Å². The number of nitrogens with zero attached hydrogens (tertiary/aromatic N) is 1. The molecule has 4 heteroatoms. The van der Waals surface area contributed by atoms with Crippen LogP contribution < -0.4 is 5.32 Å². The Balaban J connectivity index is 1.75. The minimum atomic E-state index is 0.0553. The summed E-state index contributed by atoms with van der Waals surface area (Å²) in [6, 6.07) is 10.3. The second kappa shape index (κ2) is 8.67. The molecule has 0 bridgehead atoms. The van der Waals surface area contributed by atoms with Gasteiger partial charge >= 0.3 is 6.03 Å². The van der Waals surface area contributed by atoms with Crippen molar-refractivity contribution in [2.24, 2.45) is 5.92 Å². The fourth-order valence-corrected chi connectivity index (χ4v) is 2.65. The molecule has 2 amide bonds. The normalized spacial score (nSPS) is 17.7. The highest BCUT2D eigenvalue weighted by Crippen LogP contribution is 2.14. The van der Waals surface area contributed by atoms with Crippen molar-refractivity contribution >= 4 is 6.03 Å². The molecule has 0 aromatic heterocycles. The third kappa shape index (κ3) is 5.38. The third-order valence-corrected chi connectivity index (χ3v) is 3.82. The molecule has 0 radical (unpaired) electrons. The summed E-state index contributed by atoms with van der Waals surface area (Å²) in [4.78, 5) is 14.2. The number of ether oxygens (including phenoxy) is 1. The lowest BCUT2D eigenvalue weighted by Crippen LogP contribution is -2.43. The highest BCUT2D eigenvalue weighted by molar-refractivity contribution is 5.74. The molecule has 1 N–H and O–H groups in total. The van der Waals surface area contributed by atoms with Gasteiger partial charge in [-0.1, -0.05) is 37.3 Å². The average molecular weight is 290 g/mol. The summed E-state index contributed by atoms with van der Waals surface area (Å²) in [5, 5.41) is 3.04. The number of carbonyl (C=O) groups is 1. The Morgan fingerprint density at radius 2 is 2.19 bits per heavy atom. The van der Waals surface area contributed by atoms with Crippen LogP contribution in [0, 0.1) is 5.92 Å². The van der Waals surface area contributed by atoms with E-state index in [1.54, 1.807) is 0 Å². The lowest BCUT2D eigenvalue weighted by molar-refractivity contribution is 0.164. The van der Waals surface area contributed by atoms with Crippen LogP contribution in [-0.2, 0) is 11.2 Å². The van der Waals surface area contributed by atoms with Gasteiger partial charge in [0, 0.05) is 32.2 Å². The number of urea groups is 1. The minimum Gasteiger partial charge on any atom is -0.381 e. The molecule has 1 saturated heterocycles. The molecule has 21 heavy (non-hydrogen) atoms. The van der Waals surface area contributed by atoms with Gasteiger partial charge in [-0.3, -0.25) is 0 Å². The number of amides is 2. The van der Waals surface area contributed by atoms with Crippen LogP contribution in [0.2, 0.25) is 0 Å². The maximum Gasteiger partial charge on any atom is 0.317 e. The summed E-state index contributed by atoms with van der Waals surface area (Å²) >= 11 is 0. The van der Waals surface area contributed by atoms with Gasteiger partial charge in [0.05, 0.1) is 6.61 Å². The Morgan fingerprint density at radius 3 is 2.86 bits per heavy atom. The van der Waals surface area contributed by atoms with Crippen LogP contribution in [0.3, 0.4) is 0 Å². The van der Waals surface area contributed by atoms with Gasteiger partial charge in [0.15, 0.2) is 0 Å².